The summed E-state index contributed by atoms with van der Waals surface area (Å²) in [5.74, 6) is -0.142. The number of halogens is 1. The molecule has 3 nitrogen and oxygen atoms in total. The third-order valence-electron chi connectivity index (χ3n) is 2.66. The minimum absolute atomic E-state index is 0.142. The first-order valence-corrected chi connectivity index (χ1v) is 5.95. The molecule has 0 spiro atoms. The lowest BCUT2D eigenvalue weighted by molar-refractivity contribution is 0.102. The van der Waals surface area contributed by atoms with E-state index in [0.29, 0.717) is 16.4 Å². The van der Waals surface area contributed by atoms with E-state index in [1.54, 1.807) is 18.3 Å². The van der Waals surface area contributed by atoms with Crippen molar-refractivity contribution in [1.82, 2.24) is 4.98 Å². The monoisotopic (exact) mass is 260 g/mol. The molecule has 2 aromatic rings. The van der Waals surface area contributed by atoms with E-state index in [4.69, 9.17) is 11.6 Å². The standard InChI is InChI=1S/C14H13ClN2O/c1-9-5-3-4-6-12(9)14(18)17-11-7-10(2)13(15)16-8-11/h3-8H,1-2H3,(H,17,18). The summed E-state index contributed by atoms with van der Waals surface area (Å²) in [6.07, 6.45) is 1.55. The summed E-state index contributed by atoms with van der Waals surface area (Å²) < 4.78 is 0. The van der Waals surface area contributed by atoms with Crippen molar-refractivity contribution in [1.29, 1.82) is 0 Å². The maximum atomic E-state index is 12.1. The topological polar surface area (TPSA) is 42.0 Å². The van der Waals surface area contributed by atoms with Crippen LogP contribution >= 0.6 is 11.6 Å². The lowest BCUT2D eigenvalue weighted by atomic mass is 10.1. The average Bonchev–Trinajstić information content (AvgIpc) is 2.34. The first-order chi connectivity index (χ1) is 8.58. The van der Waals surface area contributed by atoms with Gasteiger partial charge in [-0.2, -0.15) is 0 Å². The summed E-state index contributed by atoms with van der Waals surface area (Å²) in [6.45, 7) is 3.75. The van der Waals surface area contributed by atoms with Crippen LogP contribution in [-0.2, 0) is 0 Å². The fraction of sp³-hybridized carbons (Fsp3) is 0.143. The van der Waals surface area contributed by atoms with Gasteiger partial charge in [-0.1, -0.05) is 29.8 Å². The molecule has 0 saturated heterocycles. The summed E-state index contributed by atoms with van der Waals surface area (Å²) in [6, 6.07) is 9.24. The van der Waals surface area contributed by atoms with E-state index in [0.717, 1.165) is 11.1 Å². The van der Waals surface area contributed by atoms with Gasteiger partial charge >= 0.3 is 0 Å². The van der Waals surface area contributed by atoms with Crippen LogP contribution in [0.25, 0.3) is 0 Å². The van der Waals surface area contributed by atoms with Gasteiger partial charge in [0.05, 0.1) is 11.9 Å². The zero-order chi connectivity index (χ0) is 13.1. The molecule has 1 N–H and O–H groups in total. The molecule has 1 heterocycles. The lowest BCUT2D eigenvalue weighted by Crippen LogP contribution is -2.13. The molecule has 92 valence electrons. The lowest BCUT2D eigenvalue weighted by Gasteiger charge is -2.08. The molecule has 0 saturated carbocycles. The molecule has 1 aromatic carbocycles. The van der Waals surface area contributed by atoms with Crippen molar-refractivity contribution in [2.24, 2.45) is 0 Å². The number of aryl methyl sites for hydroxylation is 2. The smallest absolute Gasteiger partial charge is 0.255 e. The van der Waals surface area contributed by atoms with Crippen LogP contribution < -0.4 is 5.32 Å². The van der Waals surface area contributed by atoms with E-state index < -0.39 is 0 Å². The molecule has 0 bridgehead atoms. The fourth-order valence-corrected chi connectivity index (χ4v) is 1.76. The normalized spacial score (nSPS) is 10.2. The number of benzene rings is 1. The maximum Gasteiger partial charge on any atom is 0.255 e. The van der Waals surface area contributed by atoms with E-state index in [1.807, 2.05) is 32.0 Å². The van der Waals surface area contributed by atoms with Gasteiger partial charge in [0.2, 0.25) is 0 Å². The van der Waals surface area contributed by atoms with Gasteiger partial charge in [0, 0.05) is 5.56 Å². The number of anilines is 1. The Balaban J connectivity index is 2.22. The summed E-state index contributed by atoms with van der Waals surface area (Å²) in [4.78, 5) is 16.1. The van der Waals surface area contributed by atoms with Crippen LogP contribution in [0.3, 0.4) is 0 Å². The van der Waals surface area contributed by atoms with E-state index >= 15 is 0 Å². The van der Waals surface area contributed by atoms with Crippen molar-refractivity contribution >= 4 is 23.2 Å². The summed E-state index contributed by atoms with van der Waals surface area (Å²) in [7, 11) is 0. The van der Waals surface area contributed by atoms with E-state index in [9.17, 15) is 4.79 Å². The first-order valence-electron chi connectivity index (χ1n) is 5.57. The molecule has 18 heavy (non-hydrogen) atoms. The van der Waals surface area contributed by atoms with Gasteiger partial charge < -0.3 is 5.32 Å². The molecule has 0 unspecified atom stereocenters. The van der Waals surface area contributed by atoms with Crippen molar-refractivity contribution in [2.75, 3.05) is 5.32 Å². The Morgan fingerprint density at radius 3 is 2.61 bits per heavy atom. The van der Waals surface area contributed by atoms with Crippen LogP contribution in [0.15, 0.2) is 36.5 Å². The Bertz CT molecular complexity index is 596. The molecule has 2 rings (SSSR count). The van der Waals surface area contributed by atoms with Crippen molar-refractivity contribution in [3.8, 4) is 0 Å². The molecule has 1 amide bonds. The SMILES string of the molecule is Cc1ccccc1C(=O)Nc1cnc(Cl)c(C)c1. The Kier molecular flexibility index (Phi) is 3.63. The third-order valence-corrected chi connectivity index (χ3v) is 3.06. The summed E-state index contributed by atoms with van der Waals surface area (Å²) in [5, 5.41) is 3.26. The second kappa shape index (κ2) is 5.19. The van der Waals surface area contributed by atoms with E-state index in [2.05, 4.69) is 10.3 Å². The van der Waals surface area contributed by atoms with Gasteiger partial charge in [-0.3, -0.25) is 4.79 Å². The molecule has 0 aliphatic carbocycles. The predicted molar refractivity (Wildman–Crippen MR) is 73.1 cm³/mol. The molecule has 0 radical (unpaired) electrons. The molecule has 1 aromatic heterocycles. The van der Waals surface area contributed by atoms with Crippen LogP contribution in [0.2, 0.25) is 5.15 Å². The van der Waals surface area contributed by atoms with Gasteiger partial charge in [0.25, 0.3) is 5.91 Å². The second-order valence-electron chi connectivity index (χ2n) is 4.10. The molecule has 0 aliphatic rings. The maximum absolute atomic E-state index is 12.1. The zero-order valence-electron chi connectivity index (χ0n) is 10.2. The van der Waals surface area contributed by atoms with Crippen molar-refractivity contribution in [2.45, 2.75) is 13.8 Å². The van der Waals surface area contributed by atoms with Crippen LogP contribution in [0, 0.1) is 13.8 Å². The average molecular weight is 261 g/mol. The number of rotatable bonds is 2. The molecule has 0 fully saturated rings. The van der Waals surface area contributed by atoms with Gasteiger partial charge in [0.1, 0.15) is 5.15 Å². The zero-order valence-corrected chi connectivity index (χ0v) is 11.0. The molecule has 0 atom stereocenters. The summed E-state index contributed by atoms with van der Waals surface area (Å²) in [5.41, 5.74) is 3.07. The Morgan fingerprint density at radius 2 is 1.94 bits per heavy atom. The second-order valence-corrected chi connectivity index (χ2v) is 4.46. The highest BCUT2D eigenvalue weighted by molar-refractivity contribution is 6.30. The van der Waals surface area contributed by atoms with Crippen molar-refractivity contribution < 1.29 is 4.79 Å². The highest BCUT2D eigenvalue weighted by atomic mass is 35.5. The number of amides is 1. The summed E-state index contributed by atoms with van der Waals surface area (Å²) >= 11 is 5.84. The Morgan fingerprint density at radius 1 is 1.22 bits per heavy atom. The minimum Gasteiger partial charge on any atom is -0.321 e. The minimum atomic E-state index is -0.142. The Labute approximate surface area is 111 Å². The van der Waals surface area contributed by atoms with Gasteiger partial charge in [0.15, 0.2) is 0 Å². The molecule has 4 heteroatoms. The number of nitrogens with zero attached hydrogens (tertiary/aromatic N) is 1. The first kappa shape index (κ1) is 12.6. The number of aromatic nitrogens is 1. The van der Waals surface area contributed by atoms with Crippen molar-refractivity contribution in [3.05, 3.63) is 58.4 Å². The number of nitrogens with one attached hydrogen (secondary N) is 1. The molecular weight excluding hydrogens is 248 g/mol. The fourth-order valence-electron chi connectivity index (χ4n) is 1.65. The number of hydrogen-bond donors (Lipinski definition) is 1. The highest BCUT2D eigenvalue weighted by Gasteiger charge is 2.09. The van der Waals surface area contributed by atoms with Gasteiger partial charge in [-0.15, -0.1) is 0 Å². The number of carbonyl (C=O) groups excluding carboxylic acids is 1. The highest BCUT2D eigenvalue weighted by Crippen LogP contribution is 2.17. The molecule has 0 aliphatic heterocycles. The predicted octanol–water partition coefficient (Wildman–Crippen LogP) is 3.60. The van der Waals surface area contributed by atoms with Crippen LogP contribution in [0.5, 0.6) is 0 Å². The van der Waals surface area contributed by atoms with Gasteiger partial charge in [-0.05, 0) is 37.1 Å². The Hall–Kier alpha value is -1.87. The van der Waals surface area contributed by atoms with E-state index in [1.165, 1.54) is 0 Å². The number of carbonyl (C=O) groups is 1. The van der Waals surface area contributed by atoms with Crippen LogP contribution in [-0.4, -0.2) is 10.9 Å². The van der Waals surface area contributed by atoms with Crippen LogP contribution in [0.4, 0.5) is 5.69 Å². The number of pyridine rings is 1. The van der Waals surface area contributed by atoms with E-state index in [-0.39, 0.29) is 5.91 Å². The quantitative estimate of drug-likeness (QED) is 0.839. The number of hydrogen-bond acceptors (Lipinski definition) is 2. The largest absolute Gasteiger partial charge is 0.321 e. The van der Waals surface area contributed by atoms with Gasteiger partial charge in [-0.25, -0.2) is 4.98 Å². The van der Waals surface area contributed by atoms with Crippen molar-refractivity contribution in [3.63, 3.8) is 0 Å². The van der Waals surface area contributed by atoms with Crippen LogP contribution in [0.1, 0.15) is 21.5 Å². The molecular formula is C14H13ClN2O. The third kappa shape index (κ3) is 2.68.